The van der Waals surface area contributed by atoms with Crippen LogP contribution in [0.4, 0.5) is 23.0 Å². The molecule has 1 aliphatic heterocycles. The molecule has 8 heteroatoms. The first-order valence-electron chi connectivity index (χ1n) is 7.63. The molecule has 0 amide bonds. The number of β-amino-alcohol motifs (C(OH)–C–C–N with tert-alkyl or cyclic N) is 1. The molecule has 0 atom stereocenters. The molecular weight excluding hydrogens is 294 g/mol. The smallest absolute Gasteiger partial charge is 0.159 e. The van der Waals surface area contributed by atoms with Crippen LogP contribution in [-0.2, 0) is 0 Å². The highest BCUT2D eigenvalue weighted by Crippen LogP contribution is 2.28. The first-order chi connectivity index (χ1) is 11.3. The van der Waals surface area contributed by atoms with Crippen molar-refractivity contribution in [2.24, 2.45) is 0 Å². The van der Waals surface area contributed by atoms with Crippen LogP contribution in [0.25, 0.3) is 0 Å². The molecule has 0 spiro atoms. The maximum absolute atomic E-state index is 9.01. The number of piperazine rings is 1. The summed E-state index contributed by atoms with van der Waals surface area (Å²) in [5.41, 5.74) is 7.68. The molecule has 2 aromatic rings. The number of aliphatic hydroxyl groups excluding tert-OH is 1. The predicted octanol–water partition coefficient (Wildman–Crippen LogP) is 0.312. The number of pyridine rings is 1. The second-order valence-electron chi connectivity index (χ2n) is 5.37. The Kier molecular flexibility index (Phi) is 4.84. The molecule has 0 bridgehead atoms. The van der Waals surface area contributed by atoms with Crippen LogP contribution >= 0.6 is 0 Å². The Bertz CT molecular complexity index is 629. The molecule has 1 saturated heterocycles. The summed E-state index contributed by atoms with van der Waals surface area (Å²) in [5, 5.41) is 12.2. The average Bonchev–Trinajstić information content (AvgIpc) is 2.59. The number of hydrogen-bond acceptors (Lipinski definition) is 8. The van der Waals surface area contributed by atoms with Crippen molar-refractivity contribution in [1.29, 1.82) is 0 Å². The number of nitrogen functional groups attached to an aromatic ring is 1. The van der Waals surface area contributed by atoms with Crippen molar-refractivity contribution in [2.75, 3.05) is 55.3 Å². The third-order valence-electron chi connectivity index (χ3n) is 3.89. The van der Waals surface area contributed by atoms with Gasteiger partial charge in [0.2, 0.25) is 0 Å². The number of nitrogens with zero attached hydrogens (tertiary/aromatic N) is 5. The van der Waals surface area contributed by atoms with Gasteiger partial charge in [0.25, 0.3) is 0 Å². The molecule has 122 valence electrons. The average molecular weight is 315 g/mol. The monoisotopic (exact) mass is 315 g/mol. The van der Waals surface area contributed by atoms with E-state index in [9.17, 15) is 0 Å². The summed E-state index contributed by atoms with van der Waals surface area (Å²) >= 11 is 0. The number of anilines is 4. The van der Waals surface area contributed by atoms with Crippen LogP contribution in [-0.4, -0.2) is 64.3 Å². The minimum Gasteiger partial charge on any atom is -0.395 e. The van der Waals surface area contributed by atoms with Gasteiger partial charge in [0.1, 0.15) is 12.0 Å². The quantitative estimate of drug-likeness (QED) is 0.724. The fourth-order valence-corrected chi connectivity index (χ4v) is 2.63. The van der Waals surface area contributed by atoms with Crippen molar-refractivity contribution >= 4 is 23.0 Å². The molecule has 0 saturated carbocycles. The zero-order valence-electron chi connectivity index (χ0n) is 12.9. The molecule has 4 N–H and O–H groups in total. The van der Waals surface area contributed by atoms with Gasteiger partial charge in [0, 0.05) is 50.8 Å². The van der Waals surface area contributed by atoms with E-state index in [2.05, 4.69) is 30.1 Å². The first-order valence-corrected chi connectivity index (χ1v) is 7.63. The molecule has 3 heterocycles. The van der Waals surface area contributed by atoms with Crippen molar-refractivity contribution in [3.05, 3.63) is 30.9 Å². The zero-order chi connectivity index (χ0) is 16.1. The summed E-state index contributed by atoms with van der Waals surface area (Å²) in [7, 11) is 0. The standard InChI is InChI=1S/C15H21N7O/c16-13-14(20-12-1-3-17-4-2-12)18-11-19-15(13)22-7-5-21(6-8-22)9-10-23/h1-4,11,23H,5-10,16H2,(H,17,18,19,20). The number of nitrogens with one attached hydrogen (secondary N) is 1. The lowest BCUT2D eigenvalue weighted by molar-refractivity contribution is 0.188. The van der Waals surface area contributed by atoms with E-state index in [0.29, 0.717) is 18.1 Å². The molecule has 0 radical (unpaired) electrons. The van der Waals surface area contributed by atoms with Crippen LogP contribution in [0, 0.1) is 0 Å². The van der Waals surface area contributed by atoms with Gasteiger partial charge in [-0.3, -0.25) is 9.88 Å². The largest absolute Gasteiger partial charge is 0.395 e. The summed E-state index contributed by atoms with van der Waals surface area (Å²) in [5.74, 6) is 1.35. The molecule has 0 aromatic carbocycles. The number of nitrogens with two attached hydrogens (primary N) is 1. The molecule has 1 aliphatic rings. The van der Waals surface area contributed by atoms with Crippen LogP contribution in [0.3, 0.4) is 0 Å². The highest BCUT2D eigenvalue weighted by Gasteiger charge is 2.20. The Hall–Kier alpha value is -2.45. The lowest BCUT2D eigenvalue weighted by Crippen LogP contribution is -2.47. The van der Waals surface area contributed by atoms with Crippen LogP contribution in [0.15, 0.2) is 30.9 Å². The van der Waals surface area contributed by atoms with E-state index in [4.69, 9.17) is 10.8 Å². The zero-order valence-corrected chi connectivity index (χ0v) is 12.9. The van der Waals surface area contributed by atoms with E-state index in [1.165, 1.54) is 6.33 Å². The number of aliphatic hydroxyl groups is 1. The molecule has 23 heavy (non-hydrogen) atoms. The number of rotatable bonds is 5. The van der Waals surface area contributed by atoms with Crippen molar-refractivity contribution in [3.8, 4) is 0 Å². The minimum atomic E-state index is 0.190. The van der Waals surface area contributed by atoms with Crippen molar-refractivity contribution in [1.82, 2.24) is 19.9 Å². The second-order valence-corrected chi connectivity index (χ2v) is 5.37. The van der Waals surface area contributed by atoms with E-state index < -0.39 is 0 Å². The van der Waals surface area contributed by atoms with Gasteiger partial charge >= 0.3 is 0 Å². The minimum absolute atomic E-state index is 0.190. The molecular formula is C15H21N7O. The van der Waals surface area contributed by atoms with E-state index in [1.54, 1.807) is 12.4 Å². The van der Waals surface area contributed by atoms with Crippen LogP contribution < -0.4 is 16.0 Å². The van der Waals surface area contributed by atoms with Crippen molar-refractivity contribution in [3.63, 3.8) is 0 Å². The maximum Gasteiger partial charge on any atom is 0.159 e. The van der Waals surface area contributed by atoms with Gasteiger partial charge in [0.15, 0.2) is 11.6 Å². The predicted molar refractivity (Wildman–Crippen MR) is 89.7 cm³/mol. The highest BCUT2D eigenvalue weighted by atomic mass is 16.3. The lowest BCUT2D eigenvalue weighted by Gasteiger charge is -2.35. The summed E-state index contributed by atoms with van der Waals surface area (Å²) in [6.07, 6.45) is 4.94. The Morgan fingerprint density at radius 2 is 1.87 bits per heavy atom. The number of hydrogen-bond donors (Lipinski definition) is 3. The first kappa shape index (κ1) is 15.4. The fraction of sp³-hybridized carbons (Fsp3) is 0.400. The normalized spacial score (nSPS) is 15.6. The summed E-state index contributed by atoms with van der Waals surface area (Å²) in [6.45, 7) is 4.33. The fourth-order valence-electron chi connectivity index (χ4n) is 2.63. The van der Waals surface area contributed by atoms with Crippen LogP contribution in [0.1, 0.15) is 0 Å². The van der Waals surface area contributed by atoms with Crippen LogP contribution in [0.5, 0.6) is 0 Å². The topological polar surface area (TPSA) is 103 Å². The highest BCUT2D eigenvalue weighted by molar-refractivity contribution is 5.78. The third kappa shape index (κ3) is 3.66. The molecule has 0 unspecified atom stereocenters. The Labute approximate surface area is 135 Å². The number of aromatic nitrogens is 3. The van der Waals surface area contributed by atoms with Gasteiger partial charge < -0.3 is 21.1 Å². The van der Waals surface area contributed by atoms with E-state index >= 15 is 0 Å². The van der Waals surface area contributed by atoms with Gasteiger partial charge in [-0.25, -0.2) is 9.97 Å². The van der Waals surface area contributed by atoms with E-state index in [0.717, 1.165) is 37.7 Å². The summed E-state index contributed by atoms with van der Waals surface area (Å²) < 4.78 is 0. The van der Waals surface area contributed by atoms with Gasteiger partial charge in [-0.15, -0.1) is 0 Å². The van der Waals surface area contributed by atoms with Crippen LogP contribution in [0.2, 0.25) is 0 Å². The van der Waals surface area contributed by atoms with Gasteiger partial charge in [-0.05, 0) is 12.1 Å². The van der Waals surface area contributed by atoms with Gasteiger partial charge in [0.05, 0.1) is 6.61 Å². The Morgan fingerprint density at radius 3 is 2.57 bits per heavy atom. The second kappa shape index (κ2) is 7.21. The van der Waals surface area contributed by atoms with Crippen molar-refractivity contribution < 1.29 is 5.11 Å². The Balaban J connectivity index is 1.73. The Morgan fingerprint density at radius 1 is 1.13 bits per heavy atom. The molecule has 8 nitrogen and oxygen atoms in total. The summed E-state index contributed by atoms with van der Waals surface area (Å²) in [6, 6.07) is 3.71. The molecule has 2 aromatic heterocycles. The SMILES string of the molecule is Nc1c(Nc2ccncc2)ncnc1N1CCN(CCO)CC1. The molecule has 3 rings (SSSR count). The maximum atomic E-state index is 9.01. The third-order valence-corrected chi connectivity index (χ3v) is 3.89. The van der Waals surface area contributed by atoms with Gasteiger partial charge in [-0.2, -0.15) is 0 Å². The molecule has 1 fully saturated rings. The van der Waals surface area contributed by atoms with E-state index in [1.807, 2.05) is 12.1 Å². The molecule has 0 aliphatic carbocycles. The summed E-state index contributed by atoms with van der Waals surface area (Å²) in [4.78, 5) is 16.9. The van der Waals surface area contributed by atoms with Crippen molar-refractivity contribution in [2.45, 2.75) is 0 Å². The van der Waals surface area contributed by atoms with Gasteiger partial charge in [-0.1, -0.05) is 0 Å². The lowest BCUT2D eigenvalue weighted by atomic mass is 10.3. The van der Waals surface area contributed by atoms with E-state index in [-0.39, 0.29) is 6.61 Å².